The molecule has 0 bridgehead atoms. The van der Waals surface area contributed by atoms with Crippen molar-refractivity contribution in [3.05, 3.63) is 22.4 Å². The molecule has 0 atom stereocenters. The lowest BCUT2D eigenvalue weighted by atomic mass is 10.2. The van der Waals surface area contributed by atoms with Crippen LogP contribution in [-0.4, -0.2) is 23.9 Å². The molecule has 0 saturated carbocycles. The average Bonchev–Trinajstić information content (AvgIpc) is 2.19. The minimum atomic E-state index is -4.91. The first-order valence-electron chi connectivity index (χ1n) is 4.42. The van der Waals surface area contributed by atoms with Crippen molar-refractivity contribution in [2.24, 2.45) is 0 Å². The van der Waals surface area contributed by atoms with Crippen LogP contribution in [0.4, 0.5) is 13.2 Å². The maximum atomic E-state index is 12.1. The zero-order valence-corrected chi connectivity index (χ0v) is 10.1. The van der Waals surface area contributed by atoms with E-state index in [1.165, 1.54) is 6.20 Å². The molecule has 0 N–H and O–H groups in total. The molecule has 8 heteroatoms. The molecule has 94 valence electrons. The fraction of sp³-hybridized carbons (Fsp3) is 0.333. The van der Waals surface area contributed by atoms with E-state index in [1.54, 1.807) is 6.92 Å². The first-order chi connectivity index (χ1) is 7.85. The first kappa shape index (κ1) is 13.8. The number of hydrogen-bond donors (Lipinski definition) is 0. The molecule has 0 aliphatic heterocycles. The predicted molar refractivity (Wildman–Crippen MR) is 54.6 cm³/mol. The van der Waals surface area contributed by atoms with E-state index in [1.807, 2.05) is 0 Å². The minimum Gasteiger partial charge on any atom is -0.462 e. The van der Waals surface area contributed by atoms with Crippen LogP contribution in [0.15, 0.2) is 16.9 Å². The van der Waals surface area contributed by atoms with Crippen molar-refractivity contribution in [1.29, 1.82) is 0 Å². The zero-order valence-electron chi connectivity index (χ0n) is 8.55. The molecule has 0 radical (unpaired) electrons. The summed E-state index contributed by atoms with van der Waals surface area (Å²) in [6.45, 7) is 1.59. The highest BCUT2D eigenvalue weighted by Crippen LogP contribution is 2.32. The lowest BCUT2D eigenvalue weighted by molar-refractivity contribution is -0.275. The van der Waals surface area contributed by atoms with Gasteiger partial charge in [0.25, 0.3) is 0 Å². The largest absolute Gasteiger partial charge is 0.573 e. The Kier molecular flexibility index (Phi) is 4.33. The lowest BCUT2D eigenvalue weighted by Crippen LogP contribution is -2.20. The van der Waals surface area contributed by atoms with E-state index in [2.05, 4.69) is 30.4 Å². The Bertz CT molecular complexity index is 422. The fourth-order valence-corrected chi connectivity index (χ4v) is 1.42. The van der Waals surface area contributed by atoms with Crippen molar-refractivity contribution >= 4 is 21.9 Å². The number of carbonyl (C=O) groups is 1. The summed E-state index contributed by atoms with van der Waals surface area (Å²) in [7, 11) is 0. The molecule has 1 aromatic heterocycles. The van der Waals surface area contributed by atoms with E-state index in [0.717, 1.165) is 6.07 Å². The molecule has 0 saturated heterocycles. The average molecular weight is 314 g/mol. The number of alkyl halides is 3. The third-order valence-corrected chi connectivity index (χ3v) is 2.14. The number of halogens is 4. The second-order valence-electron chi connectivity index (χ2n) is 2.75. The topological polar surface area (TPSA) is 48.4 Å². The summed E-state index contributed by atoms with van der Waals surface area (Å²) >= 11 is 2.78. The van der Waals surface area contributed by atoms with Crippen LogP contribution in [0, 0.1) is 0 Å². The van der Waals surface area contributed by atoms with E-state index < -0.39 is 18.1 Å². The summed E-state index contributed by atoms with van der Waals surface area (Å²) in [5.74, 6) is -1.62. The lowest BCUT2D eigenvalue weighted by Gasteiger charge is -2.13. The van der Waals surface area contributed by atoms with Crippen LogP contribution in [0.1, 0.15) is 17.3 Å². The predicted octanol–water partition coefficient (Wildman–Crippen LogP) is 2.92. The highest BCUT2D eigenvalue weighted by Gasteiger charge is 2.34. The molecule has 0 spiro atoms. The third-order valence-electron chi connectivity index (χ3n) is 1.57. The van der Waals surface area contributed by atoms with Gasteiger partial charge in [0.2, 0.25) is 0 Å². The summed E-state index contributed by atoms with van der Waals surface area (Å²) in [5.41, 5.74) is -0.342. The Morgan fingerprint density at radius 2 is 2.18 bits per heavy atom. The molecule has 4 nitrogen and oxygen atoms in total. The molecule has 0 fully saturated rings. The number of ether oxygens (including phenoxy) is 2. The molecular weight excluding hydrogens is 307 g/mol. The summed E-state index contributed by atoms with van der Waals surface area (Å²) in [5, 5.41) is 0. The monoisotopic (exact) mass is 313 g/mol. The molecular formula is C9H7BrF3NO3. The molecule has 0 amide bonds. The summed E-state index contributed by atoms with van der Waals surface area (Å²) in [4.78, 5) is 14.9. The van der Waals surface area contributed by atoms with Gasteiger partial charge in [0.05, 0.1) is 6.61 Å². The molecule has 0 aliphatic rings. The van der Waals surface area contributed by atoms with Gasteiger partial charge in [0, 0.05) is 6.20 Å². The van der Waals surface area contributed by atoms with Gasteiger partial charge in [-0.15, -0.1) is 13.2 Å². The van der Waals surface area contributed by atoms with Gasteiger partial charge in [-0.25, -0.2) is 9.78 Å². The second-order valence-corrected chi connectivity index (χ2v) is 3.50. The summed E-state index contributed by atoms with van der Waals surface area (Å²) in [6.07, 6.45) is -3.74. The highest BCUT2D eigenvalue weighted by atomic mass is 79.9. The Hall–Kier alpha value is -1.31. The molecule has 17 heavy (non-hydrogen) atoms. The van der Waals surface area contributed by atoms with E-state index in [9.17, 15) is 18.0 Å². The van der Waals surface area contributed by atoms with E-state index >= 15 is 0 Å². The SMILES string of the molecule is CCOC(=O)c1ccnc(Br)c1OC(F)(F)F. The van der Waals surface area contributed by atoms with Gasteiger partial charge in [-0.1, -0.05) is 0 Å². The number of aromatic nitrogens is 1. The van der Waals surface area contributed by atoms with Crippen molar-refractivity contribution < 1.29 is 27.4 Å². The van der Waals surface area contributed by atoms with Crippen molar-refractivity contribution in [3.63, 3.8) is 0 Å². The third kappa shape index (κ3) is 3.88. The smallest absolute Gasteiger partial charge is 0.462 e. The van der Waals surface area contributed by atoms with E-state index in [4.69, 9.17) is 0 Å². The van der Waals surface area contributed by atoms with Crippen LogP contribution >= 0.6 is 15.9 Å². The minimum absolute atomic E-state index is 0.0459. The maximum absolute atomic E-state index is 12.1. The molecule has 1 heterocycles. The van der Waals surface area contributed by atoms with Gasteiger partial charge in [-0.2, -0.15) is 0 Å². The Morgan fingerprint density at radius 3 is 2.71 bits per heavy atom. The zero-order chi connectivity index (χ0) is 13.1. The molecule has 1 rings (SSSR count). The van der Waals surface area contributed by atoms with Crippen LogP contribution in [0.5, 0.6) is 5.75 Å². The van der Waals surface area contributed by atoms with Crippen LogP contribution < -0.4 is 4.74 Å². The van der Waals surface area contributed by atoms with Crippen LogP contribution in [0.3, 0.4) is 0 Å². The molecule has 0 aromatic carbocycles. The standard InChI is InChI=1S/C9H7BrF3NO3/c1-2-16-8(15)5-3-4-14-7(10)6(5)17-9(11,12)13/h3-4H,2H2,1H3. The number of pyridine rings is 1. The normalized spacial score (nSPS) is 11.1. The van der Waals surface area contributed by atoms with Crippen LogP contribution in [0.2, 0.25) is 0 Å². The maximum Gasteiger partial charge on any atom is 0.573 e. The van der Waals surface area contributed by atoms with Crippen molar-refractivity contribution in [2.45, 2.75) is 13.3 Å². The van der Waals surface area contributed by atoms with Gasteiger partial charge in [-0.05, 0) is 28.9 Å². The summed E-state index contributed by atoms with van der Waals surface area (Å²) in [6, 6.07) is 1.09. The molecule has 0 unspecified atom stereocenters. The number of carbonyl (C=O) groups excluding carboxylic acids is 1. The Balaban J connectivity index is 3.13. The van der Waals surface area contributed by atoms with Crippen molar-refractivity contribution in [3.8, 4) is 5.75 Å². The van der Waals surface area contributed by atoms with Gasteiger partial charge in [0.15, 0.2) is 5.75 Å². The number of esters is 1. The van der Waals surface area contributed by atoms with Crippen molar-refractivity contribution in [1.82, 2.24) is 4.98 Å². The van der Waals surface area contributed by atoms with Crippen LogP contribution in [0.25, 0.3) is 0 Å². The van der Waals surface area contributed by atoms with Crippen molar-refractivity contribution in [2.75, 3.05) is 6.61 Å². The molecule has 0 aliphatic carbocycles. The second kappa shape index (κ2) is 5.35. The number of rotatable bonds is 3. The number of nitrogens with zero attached hydrogens (tertiary/aromatic N) is 1. The van der Waals surface area contributed by atoms with E-state index in [-0.39, 0.29) is 16.8 Å². The highest BCUT2D eigenvalue weighted by molar-refractivity contribution is 9.10. The van der Waals surface area contributed by atoms with Crippen LogP contribution in [-0.2, 0) is 4.74 Å². The quantitative estimate of drug-likeness (QED) is 0.636. The first-order valence-corrected chi connectivity index (χ1v) is 5.22. The molecule has 1 aromatic rings. The van der Waals surface area contributed by atoms with E-state index in [0.29, 0.717) is 0 Å². The Labute approximate surface area is 103 Å². The Morgan fingerprint density at radius 1 is 1.53 bits per heavy atom. The number of hydrogen-bond acceptors (Lipinski definition) is 4. The van der Waals surface area contributed by atoms with Gasteiger partial charge in [-0.3, -0.25) is 0 Å². The van der Waals surface area contributed by atoms with Gasteiger partial charge < -0.3 is 9.47 Å². The van der Waals surface area contributed by atoms with Gasteiger partial charge >= 0.3 is 12.3 Å². The summed E-state index contributed by atoms with van der Waals surface area (Å²) < 4.78 is 44.5. The fourth-order valence-electron chi connectivity index (χ4n) is 1.01. The van der Waals surface area contributed by atoms with Gasteiger partial charge in [0.1, 0.15) is 10.2 Å².